The summed E-state index contributed by atoms with van der Waals surface area (Å²) in [6.07, 6.45) is 1.52. The molecule has 0 aliphatic heterocycles. The van der Waals surface area contributed by atoms with Gasteiger partial charge >= 0.3 is 0 Å². The number of hydrogen-bond donors (Lipinski definition) is 2. The Morgan fingerprint density at radius 1 is 1.14 bits per heavy atom. The van der Waals surface area contributed by atoms with Crippen molar-refractivity contribution in [3.05, 3.63) is 47.2 Å². The van der Waals surface area contributed by atoms with Crippen LogP contribution in [0.4, 0.5) is 5.69 Å². The van der Waals surface area contributed by atoms with Gasteiger partial charge in [-0.1, -0.05) is 17.7 Å². The van der Waals surface area contributed by atoms with E-state index in [4.69, 9.17) is 9.47 Å². The molecule has 1 amide bonds. The zero-order valence-corrected chi connectivity index (χ0v) is 17.9. The van der Waals surface area contributed by atoms with Crippen LogP contribution in [0.5, 0.6) is 5.88 Å². The third kappa shape index (κ3) is 6.52. The number of sulfonamides is 1. The van der Waals surface area contributed by atoms with Gasteiger partial charge in [-0.25, -0.2) is 18.1 Å². The Kier molecular flexibility index (Phi) is 8.12. The Morgan fingerprint density at radius 2 is 1.83 bits per heavy atom. The van der Waals surface area contributed by atoms with Crippen LogP contribution in [-0.2, 0) is 19.6 Å². The molecular formula is C20H27N3O5S. The summed E-state index contributed by atoms with van der Waals surface area (Å²) in [5.41, 5.74) is 2.76. The zero-order valence-electron chi connectivity index (χ0n) is 17.1. The molecular weight excluding hydrogens is 394 g/mol. The summed E-state index contributed by atoms with van der Waals surface area (Å²) in [6, 6.07) is 6.98. The maximum Gasteiger partial charge on any atom is 0.241 e. The van der Waals surface area contributed by atoms with Crippen LogP contribution in [0.1, 0.15) is 23.1 Å². The first-order chi connectivity index (χ1) is 13.7. The smallest absolute Gasteiger partial charge is 0.241 e. The van der Waals surface area contributed by atoms with Gasteiger partial charge in [0.1, 0.15) is 12.3 Å². The van der Waals surface area contributed by atoms with Gasteiger partial charge in [0.25, 0.3) is 0 Å². The van der Waals surface area contributed by atoms with Crippen LogP contribution in [-0.4, -0.2) is 46.2 Å². The zero-order chi connectivity index (χ0) is 21.4. The molecule has 8 nitrogen and oxygen atoms in total. The minimum Gasteiger partial charge on any atom is -0.474 e. The number of carbonyl (C=O) groups excluding carboxylic acids is 1. The summed E-state index contributed by atoms with van der Waals surface area (Å²) in [6.45, 7) is 6.10. The fourth-order valence-corrected chi connectivity index (χ4v) is 4.48. The van der Waals surface area contributed by atoms with Gasteiger partial charge in [0.05, 0.1) is 11.5 Å². The number of methoxy groups -OCH3 is 1. The first-order valence-electron chi connectivity index (χ1n) is 9.18. The summed E-state index contributed by atoms with van der Waals surface area (Å²) in [4.78, 5) is 16.6. The van der Waals surface area contributed by atoms with Crippen molar-refractivity contribution in [2.75, 3.05) is 32.2 Å². The highest BCUT2D eigenvalue weighted by Crippen LogP contribution is 2.22. The Morgan fingerprint density at radius 3 is 2.48 bits per heavy atom. The van der Waals surface area contributed by atoms with E-state index in [2.05, 4.69) is 15.0 Å². The number of rotatable bonds is 10. The molecule has 0 saturated carbocycles. The molecule has 2 aromatic rings. The van der Waals surface area contributed by atoms with Crippen LogP contribution in [0.25, 0.3) is 0 Å². The predicted molar refractivity (Wildman–Crippen MR) is 111 cm³/mol. The third-order valence-corrected chi connectivity index (χ3v) is 5.85. The normalized spacial score (nSPS) is 11.3. The van der Waals surface area contributed by atoms with Gasteiger partial charge in [-0.05, 0) is 44.0 Å². The van der Waals surface area contributed by atoms with E-state index in [1.165, 1.54) is 0 Å². The number of carbonyl (C=O) groups is 1. The molecule has 0 fully saturated rings. The molecule has 1 aromatic carbocycles. The fraction of sp³-hybridized carbons (Fsp3) is 0.400. The van der Waals surface area contributed by atoms with Gasteiger partial charge in [-0.2, -0.15) is 0 Å². The molecule has 0 bridgehead atoms. The minimum absolute atomic E-state index is 0.0267. The molecule has 0 aliphatic carbocycles. The first-order valence-corrected chi connectivity index (χ1v) is 10.7. The number of nitrogens with zero attached hydrogens (tertiary/aromatic N) is 1. The Balaban J connectivity index is 1.95. The molecule has 0 atom stereocenters. The number of ether oxygens (including phenoxy) is 2. The average molecular weight is 422 g/mol. The largest absolute Gasteiger partial charge is 0.474 e. The van der Waals surface area contributed by atoms with E-state index in [1.54, 1.807) is 39.3 Å². The molecule has 158 valence electrons. The van der Waals surface area contributed by atoms with Crippen LogP contribution in [0.3, 0.4) is 0 Å². The van der Waals surface area contributed by atoms with Gasteiger partial charge in [0, 0.05) is 26.3 Å². The highest BCUT2D eigenvalue weighted by molar-refractivity contribution is 7.89. The first kappa shape index (κ1) is 22.8. The second-order valence-corrected chi connectivity index (χ2v) is 8.32. The van der Waals surface area contributed by atoms with Gasteiger partial charge in [0.2, 0.25) is 21.8 Å². The SMILES string of the molecule is COCCOc1ncccc1NC(=O)CCNS(=O)(=O)c1c(C)cc(C)cc1C. The topological polar surface area (TPSA) is 107 Å². The van der Waals surface area contributed by atoms with Crippen molar-refractivity contribution >= 4 is 21.6 Å². The number of nitrogens with one attached hydrogen (secondary N) is 2. The fourth-order valence-electron chi connectivity index (χ4n) is 3.00. The van der Waals surface area contributed by atoms with Crippen molar-refractivity contribution in [2.24, 2.45) is 0 Å². The lowest BCUT2D eigenvalue weighted by Gasteiger charge is -2.13. The second kappa shape index (κ2) is 10.3. The molecule has 29 heavy (non-hydrogen) atoms. The maximum atomic E-state index is 12.6. The molecule has 1 heterocycles. The standard InChI is InChI=1S/C20H27N3O5S/c1-14-12-15(2)19(16(3)13-14)29(25,26)22-9-7-18(24)23-17-6-5-8-21-20(17)28-11-10-27-4/h5-6,8,12-13,22H,7,9-11H2,1-4H3,(H,23,24). The van der Waals surface area contributed by atoms with Crippen molar-refractivity contribution in [1.82, 2.24) is 9.71 Å². The lowest BCUT2D eigenvalue weighted by atomic mass is 10.1. The quantitative estimate of drug-likeness (QED) is 0.570. The van der Waals surface area contributed by atoms with E-state index < -0.39 is 10.0 Å². The minimum atomic E-state index is -3.71. The van der Waals surface area contributed by atoms with E-state index in [9.17, 15) is 13.2 Å². The summed E-state index contributed by atoms with van der Waals surface area (Å²) >= 11 is 0. The van der Waals surface area contributed by atoms with E-state index in [-0.39, 0.29) is 29.6 Å². The summed E-state index contributed by atoms with van der Waals surface area (Å²) in [5.74, 6) is -0.0703. The van der Waals surface area contributed by atoms with Crippen LogP contribution in [0.2, 0.25) is 0 Å². The number of aryl methyl sites for hydroxylation is 3. The lowest BCUT2D eigenvalue weighted by molar-refractivity contribution is -0.116. The highest BCUT2D eigenvalue weighted by Gasteiger charge is 2.20. The molecule has 0 radical (unpaired) electrons. The van der Waals surface area contributed by atoms with Gasteiger partial charge < -0.3 is 14.8 Å². The number of amides is 1. The van der Waals surface area contributed by atoms with Crippen molar-refractivity contribution < 1.29 is 22.7 Å². The number of benzene rings is 1. The number of aromatic nitrogens is 1. The molecule has 0 spiro atoms. The predicted octanol–water partition coefficient (Wildman–Crippen LogP) is 2.34. The van der Waals surface area contributed by atoms with Crippen LogP contribution < -0.4 is 14.8 Å². The monoisotopic (exact) mass is 421 g/mol. The van der Waals surface area contributed by atoms with Crippen LogP contribution >= 0.6 is 0 Å². The Bertz CT molecular complexity index is 937. The number of pyridine rings is 1. The second-order valence-electron chi connectivity index (χ2n) is 6.62. The number of anilines is 1. The van der Waals surface area contributed by atoms with Gasteiger partial charge in [0.15, 0.2) is 0 Å². The molecule has 9 heteroatoms. The summed E-state index contributed by atoms with van der Waals surface area (Å²) in [7, 11) is -2.15. The molecule has 0 aliphatic rings. The highest BCUT2D eigenvalue weighted by atomic mass is 32.2. The van der Waals surface area contributed by atoms with Crippen molar-refractivity contribution in [3.8, 4) is 5.88 Å². The van der Waals surface area contributed by atoms with Gasteiger partial charge in [-0.3, -0.25) is 4.79 Å². The molecule has 1 aromatic heterocycles. The van der Waals surface area contributed by atoms with E-state index >= 15 is 0 Å². The molecule has 2 rings (SSSR count). The maximum absolute atomic E-state index is 12.6. The molecule has 0 unspecified atom stereocenters. The van der Waals surface area contributed by atoms with E-state index in [1.807, 2.05) is 19.1 Å². The molecule has 0 saturated heterocycles. The third-order valence-electron chi connectivity index (χ3n) is 4.09. The average Bonchev–Trinajstić information content (AvgIpc) is 2.62. The van der Waals surface area contributed by atoms with Crippen LogP contribution in [0.15, 0.2) is 35.4 Å². The summed E-state index contributed by atoms with van der Waals surface area (Å²) in [5, 5.41) is 2.69. The van der Waals surface area contributed by atoms with E-state index in [0.717, 1.165) is 5.56 Å². The van der Waals surface area contributed by atoms with Crippen molar-refractivity contribution in [2.45, 2.75) is 32.1 Å². The lowest BCUT2D eigenvalue weighted by Crippen LogP contribution is -2.29. The molecule has 2 N–H and O–H groups in total. The van der Waals surface area contributed by atoms with Crippen molar-refractivity contribution in [3.63, 3.8) is 0 Å². The van der Waals surface area contributed by atoms with E-state index in [0.29, 0.717) is 30.0 Å². The Hall–Kier alpha value is -2.49. The number of hydrogen-bond acceptors (Lipinski definition) is 6. The van der Waals surface area contributed by atoms with Gasteiger partial charge in [-0.15, -0.1) is 0 Å². The van der Waals surface area contributed by atoms with Crippen molar-refractivity contribution in [1.29, 1.82) is 0 Å². The van der Waals surface area contributed by atoms with Crippen LogP contribution in [0, 0.1) is 20.8 Å². The Labute approximate surface area is 171 Å². The summed E-state index contributed by atoms with van der Waals surface area (Å²) < 4.78 is 38.2.